The zero-order valence-electron chi connectivity index (χ0n) is 17.7. The van der Waals surface area contributed by atoms with Gasteiger partial charge in [0.2, 0.25) is 0 Å². The molecule has 4 nitrogen and oxygen atoms in total. The van der Waals surface area contributed by atoms with Gasteiger partial charge in [-0.15, -0.1) is 0 Å². The molecule has 0 aliphatic carbocycles. The molecule has 1 atom stereocenters. The van der Waals surface area contributed by atoms with E-state index in [1.807, 2.05) is 36.4 Å². The van der Waals surface area contributed by atoms with Crippen molar-refractivity contribution in [1.29, 1.82) is 0 Å². The number of nitrogens with one attached hydrogen (secondary N) is 1. The van der Waals surface area contributed by atoms with E-state index >= 15 is 0 Å². The van der Waals surface area contributed by atoms with Gasteiger partial charge in [-0.1, -0.05) is 48.0 Å². The topological polar surface area (TPSA) is 37.1 Å². The van der Waals surface area contributed by atoms with Crippen LogP contribution in [0.25, 0.3) is 10.8 Å². The van der Waals surface area contributed by atoms with Crippen molar-refractivity contribution in [3.8, 4) is 5.75 Å². The smallest absolute Gasteiger partial charge is 0.138 e. The van der Waals surface area contributed by atoms with Crippen LogP contribution >= 0.6 is 11.6 Å². The molecule has 1 heterocycles. The summed E-state index contributed by atoms with van der Waals surface area (Å²) in [5, 5.41) is 13.2. The molecule has 0 bridgehead atoms. The number of aliphatic hydroxyl groups is 1. The highest BCUT2D eigenvalue weighted by molar-refractivity contribution is 6.37. The number of aryl methyl sites for hydroxylation is 2. The predicted molar refractivity (Wildman–Crippen MR) is 124 cm³/mol. The van der Waals surface area contributed by atoms with Gasteiger partial charge in [-0.2, -0.15) is 0 Å². The largest absolute Gasteiger partial charge is 0.489 e. The standard InChI is InChI=1S/C25H29ClN2O2/c1-18-7-9-21(15-19(18)2)28-13-11-27(12-14-28)16-22(29)17-30-24-10-8-20-5-3-4-6-23(20)25(24)26/h3-10,15,22,29H,11-14,16-17H2,1-2H3/p+1/t22-/m1/s1. The number of halogens is 1. The Labute approximate surface area is 183 Å². The van der Waals surface area contributed by atoms with Crippen LogP contribution in [0.1, 0.15) is 11.1 Å². The third-order valence-corrected chi connectivity index (χ3v) is 6.50. The first kappa shape index (κ1) is 21.0. The number of hydrogen-bond donors (Lipinski definition) is 2. The number of benzene rings is 3. The highest BCUT2D eigenvalue weighted by Crippen LogP contribution is 2.32. The average molecular weight is 426 g/mol. The Morgan fingerprint density at radius 1 is 1.03 bits per heavy atom. The van der Waals surface area contributed by atoms with Crippen molar-refractivity contribution in [3.05, 3.63) is 70.7 Å². The lowest BCUT2D eigenvalue weighted by molar-refractivity contribution is -0.903. The van der Waals surface area contributed by atoms with Crippen LogP contribution in [0.2, 0.25) is 5.02 Å². The summed E-state index contributed by atoms with van der Waals surface area (Å²) in [6.07, 6.45) is -0.518. The number of rotatable bonds is 6. The Balaban J connectivity index is 1.27. The summed E-state index contributed by atoms with van der Waals surface area (Å²) in [4.78, 5) is 3.85. The molecule has 0 spiro atoms. The first-order valence-corrected chi connectivity index (χ1v) is 11.0. The van der Waals surface area contributed by atoms with Gasteiger partial charge in [-0.3, -0.25) is 0 Å². The van der Waals surface area contributed by atoms with Crippen molar-refractivity contribution < 1.29 is 14.7 Å². The third kappa shape index (κ3) is 4.72. The van der Waals surface area contributed by atoms with E-state index in [0.29, 0.717) is 17.3 Å². The van der Waals surface area contributed by atoms with Crippen LogP contribution in [0.15, 0.2) is 54.6 Å². The number of fused-ring (bicyclic) bond motifs is 1. The van der Waals surface area contributed by atoms with Crippen LogP contribution < -0.4 is 14.5 Å². The minimum atomic E-state index is -0.518. The number of aliphatic hydroxyl groups excluding tert-OH is 1. The molecular formula is C25H30ClN2O2+. The second-order valence-corrected chi connectivity index (χ2v) is 8.65. The van der Waals surface area contributed by atoms with Crippen molar-refractivity contribution in [2.75, 3.05) is 44.2 Å². The number of piperazine rings is 1. The number of ether oxygens (including phenoxy) is 1. The van der Waals surface area contributed by atoms with Gasteiger partial charge < -0.3 is 19.6 Å². The van der Waals surface area contributed by atoms with Crippen molar-refractivity contribution in [2.45, 2.75) is 20.0 Å². The minimum Gasteiger partial charge on any atom is -0.489 e. The fourth-order valence-corrected chi connectivity index (χ4v) is 4.40. The van der Waals surface area contributed by atoms with Crippen molar-refractivity contribution in [1.82, 2.24) is 0 Å². The van der Waals surface area contributed by atoms with Crippen LogP contribution in [0.4, 0.5) is 5.69 Å². The van der Waals surface area contributed by atoms with Crippen molar-refractivity contribution in [3.63, 3.8) is 0 Å². The summed E-state index contributed by atoms with van der Waals surface area (Å²) >= 11 is 6.49. The fourth-order valence-electron chi connectivity index (χ4n) is 4.11. The van der Waals surface area contributed by atoms with Gasteiger partial charge in [0.25, 0.3) is 0 Å². The number of nitrogens with zero attached hydrogens (tertiary/aromatic N) is 1. The molecule has 158 valence electrons. The quantitative estimate of drug-likeness (QED) is 0.636. The van der Waals surface area contributed by atoms with E-state index in [0.717, 1.165) is 37.0 Å². The summed E-state index contributed by atoms with van der Waals surface area (Å²) in [5.41, 5.74) is 3.96. The normalized spacial score (nSPS) is 16.1. The third-order valence-electron chi connectivity index (χ3n) is 6.11. The Morgan fingerprint density at radius 3 is 2.57 bits per heavy atom. The summed E-state index contributed by atoms with van der Waals surface area (Å²) in [6.45, 7) is 9.29. The van der Waals surface area contributed by atoms with Crippen LogP contribution in [0, 0.1) is 13.8 Å². The number of anilines is 1. The maximum atomic E-state index is 10.5. The minimum absolute atomic E-state index is 0.252. The maximum Gasteiger partial charge on any atom is 0.138 e. The lowest BCUT2D eigenvalue weighted by atomic mass is 10.1. The second-order valence-electron chi connectivity index (χ2n) is 8.27. The molecule has 1 aliphatic heterocycles. The molecule has 30 heavy (non-hydrogen) atoms. The first-order chi connectivity index (χ1) is 14.5. The molecule has 4 rings (SSSR count). The van der Waals surface area contributed by atoms with Gasteiger partial charge in [-0.05, 0) is 48.6 Å². The van der Waals surface area contributed by atoms with Crippen LogP contribution in [0.3, 0.4) is 0 Å². The number of quaternary nitrogens is 1. The van der Waals surface area contributed by atoms with Gasteiger partial charge in [0.05, 0.1) is 31.2 Å². The average Bonchev–Trinajstić information content (AvgIpc) is 2.76. The molecule has 0 unspecified atom stereocenters. The van der Waals surface area contributed by atoms with Gasteiger partial charge in [0, 0.05) is 11.1 Å². The lowest BCUT2D eigenvalue weighted by Crippen LogP contribution is -3.16. The molecule has 0 saturated carbocycles. The predicted octanol–water partition coefficient (Wildman–Crippen LogP) is 3.25. The molecule has 0 amide bonds. The first-order valence-electron chi connectivity index (χ1n) is 10.6. The molecule has 1 fully saturated rings. The Morgan fingerprint density at radius 2 is 1.80 bits per heavy atom. The van der Waals surface area contributed by atoms with E-state index in [1.54, 1.807) is 0 Å². The van der Waals surface area contributed by atoms with Crippen LogP contribution in [0.5, 0.6) is 5.75 Å². The van der Waals surface area contributed by atoms with Gasteiger partial charge >= 0.3 is 0 Å². The molecule has 3 aromatic rings. The van der Waals surface area contributed by atoms with Crippen LogP contribution in [-0.2, 0) is 0 Å². The van der Waals surface area contributed by atoms with Gasteiger partial charge in [0.1, 0.15) is 25.0 Å². The van der Waals surface area contributed by atoms with Gasteiger partial charge in [-0.25, -0.2) is 0 Å². The molecule has 1 saturated heterocycles. The highest BCUT2D eigenvalue weighted by Gasteiger charge is 2.23. The molecule has 3 aromatic carbocycles. The van der Waals surface area contributed by atoms with E-state index in [2.05, 4.69) is 36.9 Å². The van der Waals surface area contributed by atoms with Crippen molar-refractivity contribution >= 4 is 28.1 Å². The Hall–Kier alpha value is -2.27. The highest BCUT2D eigenvalue weighted by atomic mass is 35.5. The molecule has 5 heteroatoms. The van der Waals surface area contributed by atoms with E-state index in [1.165, 1.54) is 21.7 Å². The maximum absolute atomic E-state index is 10.5. The molecular weight excluding hydrogens is 396 g/mol. The number of hydrogen-bond acceptors (Lipinski definition) is 3. The van der Waals surface area contributed by atoms with E-state index in [-0.39, 0.29) is 6.61 Å². The van der Waals surface area contributed by atoms with Gasteiger partial charge in [0.15, 0.2) is 0 Å². The monoisotopic (exact) mass is 425 g/mol. The summed E-state index contributed by atoms with van der Waals surface area (Å²) in [5.74, 6) is 0.629. The SMILES string of the molecule is Cc1ccc(N2CC[NH+](C[C@@H](O)COc3ccc4ccccc4c3Cl)CC2)cc1C. The Bertz CT molecular complexity index is 1020. The molecule has 1 aliphatic rings. The van der Waals surface area contributed by atoms with E-state index in [4.69, 9.17) is 16.3 Å². The fraction of sp³-hybridized carbons (Fsp3) is 0.360. The Kier molecular flexibility index (Phi) is 6.47. The summed E-state index contributed by atoms with van der Waals surface area (Å²) in [6, 6.07) is 18.5. The second kappa shape index (κ2) is 9.25. The lowest BCUT2D eigenvalue weighted by Gasteiger charge is -2.34. The van der Waals surface area contributed by atoms with Crippen molar-refractivity contribution in [2.24, 2.45) is 0 Å². The zero-order valence-corrected chi connectivity index (χ0v) is 18.5. The summed E-state index contributed by atoms with van der Waals surface area (Å²) in [7, 11) is 0. The van der Waals surface area contributed by atoms with Crippen LogP contribution in [-0.4, -0.2) is 50.5 Å². The molecule has 2 N–H and O–H groups in total. The van der Waals surface area contributed by atoms with E-state index in [9.17, 15) is 5.11 Å². The molecule has 0 aromatic heterocycles. The zero-order chi connectivity index (χ0) is 21.1. The molecule has 0 radical (unpaired) electrons. The van der Waals surface area contributed by atoms with E-state index < -0.39 is 6.10 Å². The summed E-state index contributed by atoms with van der Waals surface area (Å²) < 4.78 is 5.86.